The Balaban J connectivity index is 2.51. The van der Waals surface area contributed by atoms with Crippen LogP contribution in [0.4, 0.5) is 4.39 Å². The Morgan fingerprint density at radius 3 is 2.53 bits per heavy atom. The summed E-state index contributed by atoms with van der Waals surface area (Å²) in [6.07, 6.45) is 4.41. The minimum absolute atomic E-state index is 0.0812. The first-order chi connectivity index (χ1) is 7.19. The van der Waals surface area contributed by atoms with Crippen LogP contribution in [0.1, 0.15) is 36.8 Å². The van der Waals surface area contributed by atoms with Crippen LogP contribution < -0.4 is 5.73 Å². The van der Waals surface area contributed by atoms with Crippen LogP contribution in [0.5, 0.6) is 0 Å². The lowest BCUT2D eigenvalue weighted by molar-refractivity contribution is 0.424. The minimum Gasteiger partial charge on any atom is -0.330 e. The maximum atomic E-state index is 13.9. The number of aryl methyl sites for hydroxylation is 1. The van der Waals surface area contributed by atoms with E-state index in [2.05, 4.69) is 0 Å². The molecule has 1 aromatic rings. The van der Waals surface area contributed by atoms with Gasteiger partial charge in [-0.1, -0.05) is 25.0 Å². The summed E-state index contributed by atoms with van der Waals surface area (Å²) in [4.78, 5) is 0. The van der Waals surface area contributed by atoms with Crippen molar-refractivity contribution in [3.63, 3.8) is 0 Å². The first-order valence-electron chi connectivity index (χ1n) is 5.65. The van der Waals surface area contributed by atoms with Crippen molar-refractivity contribution in [2.45, 2.75) is 38.0 Å². The highest BCUT2D eigenvalue weighted by atomic mass is 19.1. The minimum atomic E-state index is -0.0879. The topological polar surface area (TPSA) is 26.0 Å². The quantitative estimate of drug-likeness (QED) is 0.792. The third-order valence-electron chi connectivity index (χ3n) is 3.70. The molecule has 1 aromatic carbocycles. The van der Waals surface area contributed by atoms with Crippen molar-refractivity contribution in [1.29, 1.82) is 0 Å². The summed E-state index contributed by atoms with van der Waals surface area (Å²) in [5.41, 5.74) is 7.69. The molecule has 2 rings (SSSR count). The Kier molecular flexibility index (Phi) is 2.79. The Labute approximate surface area is 90.5 Å². The van der Waals surface area contributed by atoms with Gasteiger partial charge in [0.25, 0.3) is 0 Å². The summed E-state index contributed by atoms with van der Waals surface area (Å²) in [6.45, 7) is 2.54. The summed E-state index contributed by atoms with van der Waals surface area (Å²) < 4.78 is 13.9. The second-order valence-corrected chi connectivity index (χ2v) is 4.62. The molecule has 15 heavy (non-hydrogen) atoms. The van der Waals surface area contributed by atoms with Gasteiger partial charge in [0.2, 0.25) is 0 Å². The smallest absolute Gasteiger partial charge is 0.127 e. The van der Waals surface area contributed by atoms with Crippen molar-refractivity contribution in [2.75, 3.05) is 6.54 Å². The molecular weight excluding hydrogens is 189 g/mol. The van der Waals surface area contributed by atoms with E-state index in [9.17, 15) is 4.39 Å². The third-order valence-corrected chi connectivity index (χ3v) is 3.70. The summed E-state index contributed by atoms with van der Waals surface area (Å²) >= 11 is 0. The second-order valence-electron chi connectivity index (χ2n) is 4.62. The third kappa shape index (κ3) is 1.67. The van der Waals surface area contributed by atoms with Gasteiger partial charge in [0.15, 0.2) is 0 Å². The van der Waals surface area contributed by atoms with E-state index < -0.39 is 0 Å². The predicted molar refractivity (Wildman–Crippen MR) is 60.3 cm³/mol. The average Bonchev–Trinajstić information content (AvgIpc) is 2.67. The zero-order valence-corrected chi connectivity index (χ0v) is 9.22. The molecule has 1 aliphatic carbocycles. The van der Waals surface area contributed by atoms with Crippen LogP contribution in [-0.2, 0) is 5.41 Å². The van der Waals surface area contributed by atoms with Crippen molar-refractivity contribution in [3.8, 4) is 0 Å². The van der Waals surface area contributed by atoms with Gasteiger partial charge >= 0.3 is 0 Å². The molecule has 1 saturated carbocycles. The number of hydrogen-bond donors (Lipinski definition) is 1. The molecule has 2 N–H and O–H groups in total. The van der Waals surface area contributed by atoms with Gasteiger partial charge in [-0.25, -0.2) is 4.39 Å². The van der Waals surface area contributed by atoms with E-state index in [0.717, 1.165) is 24.0 Å². The molecule has 0 bridgehead atoms. The molecule has 0 saturated heterocycles. The molecule has 0 aromatic heterocycles. The van der Waals surface area contributed by atoms with Crippen molar-refractivity contribution in [2.24, 2.45) is 5.73 Å². The zero-order valence-electron chi connectivity index (χ0n) is 9.22. The van der Waals surface area contributed by atoms with Crippen molar-refractivity contribution in [1.82, 2.24) is 0 Å². The van der Waals surface area contributed by atoms with E-state index in [-0.39, 0.29) is 11.2 Å². The van der Waals surface area contributed by atoms with E-state index >= 15 is 0 Å². The van der Waals surface area contributed by atoms with Gasteiger partial charge in [-0.05, 0) is 37.0 Å². The molecule has 0 radical (unpaired) electrons. The second kappa shape index (κ2) is 3.93. The molecule has 1 nitrogen and oxygen atoms in total. The van der Waals surface area contributed by atoms with Crippen molar-refractivity contribution >= 4 is 0 Å². The first-order valence-corrected chi connectivity index (χ1v) is 5.65. The van der Waals surface area contributed by atoms with Crippen LogP contribution in [0.2, 0.25) is 0 Å². The monoisotopic (exact) mass is 207 g/mol. The molecule has 0 spiro atoms. The summed E-state index contributed by atoms with van der Waals surface area (Å²) in [7, 11) is 0. The normalized spacial score (nSPS) is 19.4. The predicted octanol–water partition coefficient (Wildman–Crippen LogP) is 2.90. The molecule has 1 fully saturated rings. The van der Waals surface area contributed by atoms with Crippen LogP contribution in [0.25, 0.3) is 0 Å². The first kappa shape index (κ1) is 10.6. The van der Waals surface area contributed by atoms with Crippen LogP contribution >= 0.6 is 0 Å². The van der Waals surface area contributed by atoms with Crippen molar-refractivity contribution < 1.29 is 4.39 Å². The summed E-state index contributed by atoms with van der Waals surface area (Å²) in [5.74, 6) is -0.0812. The van der Waals surface area contributed by atoms with E-state index in [4.69, 9.17) is 5.73 Å². The van der Waals surface area contributed by atoms with Crippen LogP contribution in [0.15, 0.2) is 18.2 Å². The molecule has 2 heteroatoms. The average molecular weight is 207 g/mol. The van der Waals surface area contributed by atoms with Crippen molar-refractivity contribution in [3.05, 3.63) is 35.1 Å². The maximum absolute atomic E-state index is 13.9. The molecular formula is C13H18FN. The Hall–Kier alpha value is -0.890. The van der Waals surface area contributed by atoms with E-state index in [1.165, 1.54) is 12.8 Å². The van der Waals surface area contributed by atoms with Crippen LogP contribution in [0, 0.1) is 12.7 Å². The Morgan fingerprint density at radius 2 is 2.00 bits per heavy atom. The Morgan fingerprint density at radius 1 is 1.33 bits per heavy atom. The number of halogens is 1. The van der Waals surface area contributed by atoms with Gasteiger partial charge < -0.3 is 5.73 Å². The highest BCUT2D eigenvalue weighted by Gasteiger charge is 2.37. The fourth-order valence-corrected chi connectivity index (χ4v) is 2.91. The highest BCUT2D eigenvalue weighted by molar-refractivity contribution is 5.36. The molecule has 0 unspecified atom stereocenters. The maximum Gasteiger partial charge on any atom is 0.127 e. The molecule has 0 aliphatic heterocycles. The highest BCUT2D eigenvalue weighted by Crippen LogP contribution is 2.42. The van der Waals surface area contributed by atoms with Gasteiger partial charge in [-0.2, -0.15) is 0 Å². The van der Waals surface area contributed by atoms with E-state index in [1.807, 2.05) is 13.0 Å². The standard InChI is InChI=1S/C13H18FN/c1-10-5-4-6-11(14)12(10)13(9-15)7-2-3-8-13/h4-6H,2-3,7-9,15H2,1H3. The lowest BCUT2D eigenvalue weighted by atomic mass is 9.76. The van der Waals surface area contributed by atoms with Gasteiger partial charge in [-0.15, -0.1) is 0 Å². The SMILES string of the molecule is Cc1cccc(F)c1C1(CN)CCCC1. The lowest BCUT2D eigenvalue weighted by Gasteiger charge is -2.29. The fourth-order valence-electron chi connectivity index (χ4n) is 2.91. The molecule has 1 aliphatic rings. The number of hydrogen-bond acceptors (Lipinski definition) is 1. The van der Waals surface area contributed by atoms with Crippen LogP contribution in [0.3, 0.4) is 0 Å². The molecule has 0 heterocycles. The van der Waals surface area contributed by atoms with Gasteiger partial charge in [0.1, 0.15) is 5.82 Å². The van der Waals surface area contributed by atoms with Gasteiger partial charge in [0.05, 0.1) is 0 Å². The number of rotatable bonds is 2. The molecule has 0 amide bonds. The lowest BCUT2D eigenvalue weighted by Crippen LogP contribution is -2.33. The van der Waals surface area contributed by atoms with E-state index in [1.54, 1.807) is 12.1 Å². The van der Waals surface area contributed by atoms with Gasteiger partial charge in [-0.3, -0.25) is 0 Å². The molecule has 0 atom stereocenters. The summed E-state index contributed by atoms with van der Waals surface area (Å²) in [5, 5.41) is 0. The Bertz CT molecular complexity index is 333. The molecule has 82 valence electrons. The zero-order chi connectivity index (χ0) is 10.9. The van der Waals surface area contributed by atoms with Crippen LogP contribution in [-0.4, -0.2) is 6.54 Å². The largest absolute Gasteiger partial charge is 0.330 e. The fraction of sp³-hybridized carbons (Fsp3) is 0.538. The van der Waals surface area contributed by atoms with Gasteiger partial charge in [0, 0.05) is 12.0 Å². The number of benzene rings is 1. The van der Waals surface area contributed by atoms with E-state index in [0.29, 0.717) is 6.54 Å². The summed E-state index contributed by atoms with van der Waals surface area (Å²) in [6, 6.07) is 5.31. The number of nitrogens with two attached hydrogens (primary N) is 1.